The van der Waals surface area contributed by atoms with Gasteiger partial charge in [-0.2, -0.15) is 0 Å². The van der Waals surface area contributed by atoms with Gasteiger partial charge in [0.1, 0.15) is 0 Å². The number of amides is 1. The maximum atomic E-state index is 12.7. The molecule has 1 aromatic rings. The smallest absolute Gasteiger partial charge is 0.305 e. The summed E-state index contributed by atoms with van der Waals surface area (Å²) >= 11 is 3.41. The van der Waals surface area contributed by atoms with E-state index in [4.69, 9.17) is 5.11 Å². The van der Waals surface area contributed by atoms with E-state index in [0.717, 1.165) is 10.0 Å². The molecular weight excluding hydrogens is 322 g/mol. The topological polar surface area (TPSA) is 57.6 Å². The highest BCUT2D eigenvalue weighted by atomic mass is 79.9. The van der Waals surface area contributed by atoms with Crippen molar-refractivity contribution < 1.29 is 14.7 Å². The molecule has 0 saturated heterocycles. The standard InChI is InChI=1S/C15H20BrNO3/c1-10-11(6-5-7-12(10)16)14(20)17(15(2,3)4)9-8-13(18)19/h5-7H,8-9H2,1-4H3,(H,18,19). The van der Waals surface area contributed by atoms with Gasteiger partial charge in [0.25, 0.3) is 5.91 Å². The van der Waals surface area contributed by atoms with Gasteiger partial charge in [0, 0.05) is 22.1 Å². The van der Waals surface area contributed by atoms with Crippen molar-refractivity contribution in [2.24, 2.45) is 0 Å². The van der Waals surface area contributed by atoms with Gasteiger partial charge in [0.15, 0.2) is 0 Å². The van der Waals surface area contributed by atoms with Crippen LogP contribution in [0.15, 0.2) is 22.7 Å². The van der Waals surface area contributed by atoms with Gasteiger partial charge >= 0.3 is 5.97 Å². The highest BCUT2D eigenvalue weighted by Crippen LogP contribution is 2.24. The molecule has 0 aliphatic heterocycles. The van der Waals surface area contributed by atoms with Gasteiger partial charge in [-0.05, 0) is 45.4 Å². The van der Waals surface area contributed by atoms with E-state index in [-0.39, 0.29) is 18.9 Å². The molecule has 0 aliphatic carbocycles. The molecule has 20 heavy (non-hydrogen) atoms. The van der Waals surface area contributed by atoms with Crippen molar-refractivity contribution in [1.29, 1.82) is 0 Å². The number of benzene rings is 1. The lowest BCUT2D eigenvalue weighted by molar-refractivity contribution is -0.137. The highest BCUT2D eigenvalue weighted by Gasteiger charge is 2.28. The van der Waals surface area contributed by atoms with Crippen molar-refractivity contribution in [3.8, 4) is 0 Å². The fourth-order valence-corrected chi connectivity index (χ4v) is 2.30. The zero-order valence-electron chi connectivity index (χ0n) is 12.2. The molecule has 0 unspecified atom stereocenters. The summed E-state index contributed by atoms with van der Waals surface area (Å²) in [5.74, 6) is -1.05. The Labute approximate surface area is 127 Å². The molecule has 5 heteroatoms. The second kappa shape index (κ2) is 6.39. The second-order valence-corrected chi connectivity index (χ2v) is 6.54. The maximum Gasteiger partial charge on any atom is 0.305 e. The van der Waals surface area contributed by atoms with E-state index in [1.165, 1.54) is 0 Å². The second-order valence-electron chi connectivity index (χ2n) is 5.68. The summed E-state index contributed by atoms with van der Waals surface area (Å²) in [5, 5.41) is 8.83. The normalized spacial score (nSPS) is 11.2. The Morgan fingerprint density at radius 3 is 2.40 bits per heavy atom. The van der Waals surface area contributed by atoms with Crippen molar-refractivity contribution in [1.82, 2.24) is 4.90 Å². The van der Waals surface area contributed by atoms with Crippen LogP contribution in [0.2, 0.25) is 0 Å². The summed E-state index contributed by atoms with van der Waals surface area (Å²) in [6.07, 6.45) is -0.0595. The summed E-state index contributed by atoms with van der Waals surface area (Å²) in [6.45, 7) is 7.78. The molecular formula is C15H20BrNO3. The fourth-order valence-electron chi connectivity index (χ4n) is 1.93. The van der Waals surface area contributed by atoms with Crippen molar-refractivity contribution in [2.75, 3.05) is 6.54 Å². The first-order valence-corrected chi connectivity index (χ1v) is 7.22. The van der Waals surface area contributed by atoms with Crippen molar-refractivity contribution >= 4 is 27.8 Å². The first-order valence-electron chi connectivity index (χ1n) is 6.43. The lowest BCUT2D eigenvalue weighted by atomic mass is 10.0. The average molecular weight is 342 g/mol. The van der Waals surface area contributed by atoms with Crippen LogP contribution >= 0.6 is 15.9 Å². The van der Waals surface area contributed by atoms with Gasteiger partial charge in [-0.1, -0.05) is 22.0 Å². The number of carboxylic acid groups (broad SMARTS) is 1. The SMILES string of the molecule is Cc1c(Br)cccc1C(=O)N(CCC(=O)O)C(C)(C)C. The zero-order chi connectivity index (χ0) is 15.5. The van der Waals surface area contributed by atoms with Crippen LogP contribution < -0.4 is 0 Å². The zero-order valence-corrected chi connectivity index (χ0v) is 13.8. The van der Waals surface area contributed by atoms with Crippen LogP contribution in [0.5, 0.6) is 0 Å². The Morgan fingerprint density at radius 2 is 1.90 bits per heavy atom. The van der Waals surface area contributed by atoms with E-state index >= 15 is 0 Å². The van der Waals surface area contributed by atoms with Crippen molar-refractivity contribution in [3.05, 3.63) is 33.8 Å². The molecule has 1 aromatic carbocycles. The highest BCUT2D eigenvalue weighted by molar-refractivity contribution is 9.10. The van der Waals surface area contributed by atoms with Crippen LogP contribution in [0.3, 0.4) is 0 Å². The largest absolute Gasteiger partial charge is 0.481 e. The quantitative estimate of drug-likeness (QED) is 0.911. The molecule has 0 saturated carbocycles. The molecule has 1 N–H and O–H groups in total. The predicted octanol–water partition coefficient (Wildman–Crippen LogP) is 3.47. The van der Waals surface area contributed by atoms with E-state index in [1.54, 1.807) is 11.0 Å². The monoisotopic (exact) mass is 341 g/mol. The predicted molar refractivity (Wildman–Crippen MR) is 81.9 cm³/mol. The van der Waals surface area contributed by atoms with Crippen LogP contribution in [0.4, 0.5) is 0 Å². The third-order valence-corrected chi connectivity index (χ3v) is 3.96. The van der Waals surface area contributed by atoms with Gasteiger partial charge in [-0.25, -0.2) is 0 Å². The molecule has 1 rings (SSSR count). The summed E-state index contributed by atoms with van der Waals surface area (Å²) in [6, 6.07) is 5.45. The molecule has 0 aliphatic rings. The number of hydrogen-bond donors (Lipinski definition) is 1. The van der Waals surface area contributed by atoms with E-state index in [2.05, 4.69) is 15.9 Å². The minimum atomic E-state index is -0.905. The van der Waals surface area contributed by atoms with Crippen LogP contribution in [-0.4, -0.2) is 34.0 Å². The summed E-state index contributed by atoms with van der Waals surface area (Å²) in [5.41, 5.74) is 1.03. The minimum Gasteiger partial charge on any atom is -0.481 e. The molecule has 0 radical (unpaired) electrons. The van der Waals surface area contributed by atoms with E-state index < -0.39 is 11.5 Å². The molecule has 0 heterocycles. The van der Waals surface area contributed by atoms with Gasteiger partial charge < -0.3 is 10.0 Å². The van der Waals surface area contributed by atoms with Gasteiger partial charge in [0.2, 0.25) is 0 Å². The summed E-state index contributed by atoms with van der Waals surface area (Å²) in [7, 11) is 0. The van der Waals surface area contributed by atoms with E-state index in [1.807, 2.05) is 39.8 Å². The molecule has 0 spiro atoms. The summed E-state index contributed by atoms with van der Waals surface area (Å²) < 4.78 is 0.871. The third kappa shape index (κ3) is 4.07. The average Bonchev–Trinajstić information content (AvgIpc) is 2.30. The number of carbonyl (C=O) groups excluding carboxylic acids is 1. The maximum absolute atomic E-state index is 12.7. The molecule has 0 bridgehead atoms. The van der Waals surface area contributed by atoms with E-state index in [9.17, 15) is 9.59 Å². The molecule has 4 nitrogen and oxygen atoms in total. The Morgan fingerprint density at radius 1 is 1.30 bits per heavy atom. The van der Waals surface area contributed by atoms with Crippen LogP contribution in [0.25, 0.3) is 0 Å². The molecule has 0 fully saturated rings. The lowest BCUT2D eigenvalue weighted by Gasteiger charge is -2.36. The number of carbonyl (C=O) groups is 2. The molecule has 0 atom stereocenters. The Balaban J connectivity index is 3.10. The van der Waals surface area contributed by atoms with Crippen LogP contribution in [0.1, 0.15) is 43.1 Å². The number of carboxylic acids is 1. The van der Waals surface area contributed by atoms with Crippen LogP contribution in [0, 0.1) is 6.92 Å². The number of hydrogen-bond acceptors (Lipinski definition) is 2. The number of rotatable bonds is 4. The van der Waals surface area contributed by atoms with Crippen molar-refractivity contribution in [2.45, 2.75) is 39.7 Å². The van der Waals surface area contributed by atoms with Gasteiger partial charge in [0.05, 0.1) is 6.42 Å². The number of nitrogens with zero attached hydrogens (tertiary/aromatic N) is 1. The lowest BCUT2D eigenvalue weighted by Crippen LogP contribution is -2.46. The number of halogens is 1. The fraction of sp³-hybridized carbons (Fsp3) is 0.467. The molecule has 110 valence electrons. The van der Waals surface area contributed by atoms with E-state index in [0.29, 0.717) is 5.56 Å². The molecule has 1 amide bonds. The number of aliphatic carboxylic acids is 1. The van der Waals surface area contributed by atoms with Gasteiger partial charge in [-0.3, -0.25) is 9.59 Å². The first-order chi connectivity index (χ1) is 9.14. The Kier molecular flexibility index (Phi) is 5.34. The minimum absolute atomic E-state index is 0.0595. The Hall–Kier alpha value is -1.36. The van der Waals surface area contributed by atoms with Gasteiger partial charge in [-0.15, -0.1) is 0 Å². The Bertz CT molecular complexity index is 520. The molecule has 0 aromatic heterocycles. The summed E-state index contributed by atoms with van der Waals surface area (Å²) in [4.78, 5) is 25.1. The van der Waals surface area contributed by atoms with Crippen molar-refractivity contribution in [3.63, 3.8) is 0 Å². The third-order valence-electron chi connectivity index (χ3n) is 3.10. The first kappa shape index (κ1) is 16.7. The van der Waals surface area contributed by atoms with Crippen LogP contribution in [-0.2, 0) is 4.79 Å².